The van der Waals surface area contributed by atoms with Gasteiger partial charge in [-0.3, -0.25) is 24.2 Å². The molecule has 1 aliphatic carbocycles. The molecule has 1 N–H and O–H groups in total. The molecule has 2 fully saturated rings. The number of halogens is 2. The summed E-state index contributed by atoms with van der Waals surface area (Å²) in [5.74, 6) is -0.395. The second kappa shape index (κ2) is 11.7. The van der Waals surface area contributed by atoms with Crippen molar-refractivity contribution in [1.82, 2.24) is 9.80 Å². The van der Waals surface area contributed by atoms with E-state index in [-0.39, 0.29) is 55.8 Å². The standard InChI is InChI=1S/C27H30Cl2N2O6/c1-16(18-4-5-21(28)22(29)14-18)31(20-12-19(13-20)27(34)35)15-17-3-6-23(24(11-17)36-2)37-10-9-30-25(32)7-8-26(30)33/h3-6,11,14,16,19-20H,7-10,12-13,15H2,1-2H3,(H,34,35)/t16?,19-,20+. The predicted molar refractivity (Wildman–Crippen MR) is 139 cm³/mol. The second-order valence-corrected chi connectivity index (χ2v) is 10.3. The van der Waals surface area contributed by atoms with Gasteiger partial charge in [-0.05, 0) is 55.2 Å². The molecule has 0 radical (unpaired) electrons. The van der Waals surface area contributed by atoms with Crippen molar-refractivity contribution in [3.8, 4) is 11.5 Å². The minimum absolute atomic E-state index is 0.0352. The van der Waals surface area contributed by atoms with E-state index in [2.05, 4.69) is 11.8 Å². The maximum atomic E-state index is 11.8. The van der Waals surface area contributed by atoms with Crippen LogP contribution >= 0.6 is 23.2 Å². The van der Waals surface area contributed by atoms with Crippen LogP contribution in [0.5, 0.6) is 11.5 Å². The molecule has 1 atom stereocenters. The minimum Gasteiger partial charge on any atom is -0.493 e. The average Bonchev–Trinajstić information content (AvgIpc) is 3.16. The molecule has 37 heavy (non-hydrogen) atoms. The zero-order valence-electron chi connectivity index (χ0n) is 20.8. The number of rotatable bonds is 11. The monoisotopic (exact) mass is 548 g/mol. The van der Waals surface area contributed by atoms with Gasteiger partial charge in [0.1, 0.15) is 6.61 Å². The number of hydrogen-bond donors (Lipinski definition) is 1. The van der Waals surface area contributed by atoms with Crippen LogP contribution in [0.3, 0.4) is 0 Å². The molecule has 2 aromatic rings. The number of nitrogens with zero attached hydrogens (tertiary/aromatic N) is 2. The highest BCUT2D eigenvalue weighted by Gasteiger charge is 2.40. The van der Waals surface area contributed by atoms with Gasteiger partial charge in [-0.15, -0.1) is 0 Å². The zero-order valence-corrected chi connectivity index (χ0v) is 22.3. The van der Waals surface area contributed by atoms with E-state index in [1.807, 2.05) is 30.3 Å². The Morgan fingerprint density at radius 1 is 1.08 bits per heavy atom. The van der Waals surface area contributed by atoms with E-state index >= 15 is 0 Å². The first kappa shape index (κ1) is 27.2. The molecule has 8 nitrogen and oxygen atoms in total. The van der Waals surface area contributed by atoms with Gasteiger partial charge in [-0.1, -0.05) is 35.3 Å². The van der Waals surface area contributed by atoms with E-state index in [1.165, 1.54) is 4.90 Å². The van der Waals surface area contributed by atoms with Gasteiger partial charge < -0.3 is 14.6 Å². The quantitative estimate of drug-likeness (QED) is 0.396. The number of methoxy groups -OCH3 is 1. The number of carbonyl (C=O) groups excluding carboxylic acids is 2. The summed E-state index contributed by atoms with van der Waals surface area (Å²) >= 11 is 12.4. The van der Waals surface area contributed by atoms with Crippen LogP contribution < -0.4 is 9.47 Å². The fourth-order valence-corrected chi connectivity index (χ4v) is 5.17. The number of carboxylic acid groups (broad SMARTS) is 1. The Morgan fingerprint density at radius 3 is 2.41 bits per heavy atom. The summed E-state index contributed by atoms with van der Waals surface area (Å²) in [4.78, 5) is 38.6. The summed E-state index contributed by atoms with van der Waals surface area (Å²) < 4.78 is 11.4. The third-order valence-electron chi connectivity index (χ3n) is 7.18. The van der Waals surface area contributed by atoms with Crippen LogP contribution in [0.4, 0.5) is 0 Å². The van der Waals surface area contributed by atoms with Gasteiger partial charge >= 0.3 is 5.97 Å². The molecule has 0 bridgehead atoms. The molecule has 198 valence electrons. The number of benzene rings is 2. The van der Waals surface area contributed by atoms with Gasteiger partial charge in [-0.25, -0.2) is 0 Å². The van der Waals surface area contributed by atoms with Gasteiger partial charge in [-0.2, -0.15) is 0 Å². The molecule has 4 rings (SSSR count). The maximum absolute atomic E-state index is 11.8. The van der Waals surface area contributed by atoms with Crippen LogP contribution in [-0.2, 0) is 20.9 Å². The number of likely N-dealkylation sites (tertiary alicyclic amines) is 1. The highest BCUT2D eigenvalue weighted by atomic mass is 35.5. The average molecular weight is 549 g/mol. The van der Waals surface area contributed by atoms with E-state index < -0.39 is 5.97 Å². The Morgan fingerprint density at radius 2 is 1.78 bits per heavy atom. The molecule has 1 heterocycles. The normalized spacial score (nSPS) is 20.2. The zero-order chi connectivity index (χ0) is 26.7. The van der Waals surface area contributed by atoms with Gasteiger partial charge in [0, 0.05) is 31.5 Å². The van der Waals surface area contributed by atoms with Gasteiger partial charge in [0.2, 0.25) is 11.8 Å². The lowest BCUT2D eigenvalue weighted by Crippen LogP contribution is -2.47. The Bertz CT molecular complexity index is 1170. The number of amides is 2. The molecular formula is C27H30Cl2N2O6. The van der Waals surface area contributed by atoms with Crippen LogP contribution in [-0.4, -0.2) is 59.0 Å². The highest BCUT2D eigenvalue weighted by Crippen LogP contribution is 2.39. The van der Waals surface area contributed by atoms with E-state index in [0.717, 1.165) is 11.1 Å². The van der Waals surface area contributed by atoms with Crippen molar-refractivity contribution in [2.24, 2.45) is 5.92 Å². The first-order valence-electron chi connectivity index (χ1n) is 12.2. The summed E-state index contributed by atoms with van der Waals surface area (Å²) in [6.45, 7) is 3.01. The smallest absolute Gasteiger partial charge is 0.306 e. The topological polar surface area (TPSA) is 96.4 Å². The van der Waals surface area contributed by atoms with E-state index in [9.17, 15) is 19.5 Å². The maximum Gasteiger partial charge on any atom is 0.306 e. The van der Waals surface area contributed by atoms with Crippen LogP contribution in [0.15, 0.2) is 36.4 Å². The Hall–Kier alpha value is -2.81. The molecule has 2 aliphatic rings. The van der Waals surface area contributed by atoms with Crippen LogP contribution in [0.25, 0.3) is 0 Å². The molecule has 2 aromatic carbocycles. The highest BCUT2D eigenvalue weighted by molar-refractivity contribution is 6.42. The molecule has 0 spiro atoms. The Kier molecular flexibility index (Phi) is 8.62. The minimum atomic E-state index is -0.765. The van der Waals surface area contributed by atoms with Crippen molar-refractivity contribution >= 4 is 41.0 Å². The van der Waals surface area contributed by atoms with Crippen molar-refractivity contribution in [3.63, 3.8) is 0 Å². The Balaban J connectivity index is 1.48. The number of aliphatic carboxylic acids is 1. The van der Waals surface area contributed by atoms with Crippen molar-refractivity contribution in [3.05, 3.63) is 57.6 Å². The van der Waals surface area contributed by atoms with Gasteiger partial charge in [0.05, 0.1) is 29.6 Å². The predicted octanol–water partition coefficient (Wildman–Crippen LogP) is 4.96. The number of hydrogen-bond acceptors (Lipinski definition) is 6. The van der Waals surface area contributed by atoms with Gasteiger partial charge in [0.25, 0.3) is 0 Å². The molecule has 1 aliphatic heterocycles. The van der Waals surface area contributed by atoms with Crippen molar-refractivity contribution in [1.29, 1.82) is 0 Å². The second-order valence-electron chi connectivity index (χ2n) is 9.46. The fourth-order valence-electron chi connectivity index (χ4n) is 4.87. The van der Waals surface area contributed by atoms with Gasteiger partial charge in [0.15, 0.2) is 11.5 Å². The summed E-state index contributed by atoms with van der Waals surface area (Å²) in [6, 6.07) is 11.3. The van der Waals surface area contributed by atoms with Crippen molar-refractivity contribution in [2.75, 3.05) is 20.3 Å². The summed E-state index contributed by atoms with van der Waals surface area (Å²) in [6.07, 6.45) is 1.66. The fraction of sp³-hybridized carbons (Fsp3) is 0.444. The van der Waals surface area contributed by atoms with Crippen LogP contribution in [0.1, 0.15) is 49.8 Å². The van der Waals surface area contributed by atoms with Crippen molar-refractivity contribution in [2.45, 2.75) is 51.2 Å². The lowest BCUT2D eigenvalue weighted by molar-refractivity contribution is -0.147. The van der Waals surface area contributed by atoms with Crippen molar-refractivity contribution < 1.29 is 29.0 Å². The molecule has 2 amide bonds. The lowest BCUT2D eigenvalue weighted by Gasteiger charge is -2.44. The molecule has 1 unspecified atom stereocenters. The lowest BCUT2D eigenvalue weighted by atomic mass is 9.78. The third kappa shape index (κ3) is 6.20. The van der Waals surface area contributed by atoms with E-state index in [0.29, 0.717) is 40.9 Å². The molecule has 10 heteroatoms. The summed E-state index contributed by atoms with van der Waals surface area (Å²) in [5.41, 5.74) is 1.96. The largest absolute Gasteiger partial charge is 0.493 e. The number of carbonyl (C=O) groups is 3. The van der Waals surface area contributed by atoms with Crippen LogP contribution in [0.2, 0.25) is 10.0 Å². The first-order chi connectivity index (χ1) is 17.7. The first-order valence-corrected chi connectivity index (χ1v) is 13.0. The summed E-state index contributed by atoms with van der Waals surface area (Å²) in [5, 5.41) is 10.4. The molecule has 0 aromatic heterocycles. The SMILES string of the molecule is COc1cc(CN(C(C)c2ccc(Cl)c(Cl)c2)[C@H]2C[C@@H](C(=O)O)C2)ccc1OCCN1C(=O)CCC1=O. The molecular weight excluding hydrogens is 519 g/mol. The molecule has 1 saturated carbocycles. The van der Waals surface area contributed by atoms with E-state index in [1.54, 1.807) is 13.2 Å². The Labute approximate surface area is 226 Å². The number of ether oxygens (including phenoxy) is 2. The van der Waals surface area contributed by atoms with Crippen LogP contribution in [0, 0.1) is 5.92 Å². The number of imide groups is 1. The third-order valence-corrected chi connectivity index (χ3v) is 7.91. The summed E-state index contributed by atoms with van der Waals surface area (Å²) in [7, 11) is 1.55. The van der Waals surface area contributed by atoms with E-state index in [4.69, 9.17) is 32.7 Å². The molecule has 1 saturated heterocycles. The number of carboxylic acids is 1.